The van der Waals surface area contributed by atoms with Gasteiger partial charge in [0.25, 0.3) is 5.89 Å². The molecule has 0 saturated heterocycles. The minimum absolute atomic E-state index is 0.0549. The molecule has 1 atom stereocenters. The molecule has 0 aliphatic carbocycles. The first kappa shape index (κ1) is 15.8. The zero-order valence-corrected chi connectivity index (χ0v) is 13.1. The van der Waals surface area contributed by atoms with Crippen molar-refractivity contribution < 1.29 is 13.6 Å². The van der Waals surface area contributed by atoms with Gasteiger partial charge < -0.3 is 14.2 Å². The van der Waals surface area contributed by atoms with Gasteiger partial charge in [0, 0.05) is 6.54 Å². The van der Waals surface area contributed by atoms with Crippen molar-refractivity contribution in [3.8, 4) is 11.7 Å². The Morgan fingerprint density at radius 1 is 1.25 bits per heavy atom. The second kappa shape index (κ2) is 6.99. The maximum absolute atomic E-state index is 12.4. The molecular formula is C17H17N3O4. The Morgan fingerprint density at radius 3 is 2.71 bits per heavy atom. The van der Waals surface area contributed by atoms with Gasteiger partial charge in [-0.3, -0.25) is 4.79 Å². The number of hydrogen-bond donors (Lipinski definition) is 1. The third kappa shape index (κ3) is 3.29. The van der Waals surface area contributed by atoms with Gasteiger partial charge in [0.15, 0.2) is 5.76 Å². The summed E-state index contributed by atoms with van der Waals surface area (Å²) in [5.41, 5.74) is 0.976. The van der Waals surface area contributed by atoms with Crippen molar-refractivity contribution in [2.75, 3.05) is 0 Å². The number of benzene rings is 1. The molecule has 0 radical (unpaired) electrons. The summed E-state index contributed by atoms with van der Waals surface area (Å²) in [6.45, 7) is 2.19. The second-order valence-corrected chi connectivity index (χ2v) is 5.22. The number of amides is 1. The van der Waals surface area contributed by atoms with Gasteiger partial charge in [0.1, 0.15) is 6.04 Å². The zero-order valence-electron chi connectivity index (χ0n) is 13.1. The number of furan rings is 1. The van der Waals surface area contributed by atoms with E-state index in [1.807, 2.05) is 30.3 Å². The highest BCUT2D eigenvalue weighted by molar-refractivity contribution is 5.80. The number of carbonyl (C=O) groups is 1. The average molecular weight is 327 g/mol. The summed E-state index contributed by atoms with van der Waals surface area (Å²) in [4.78, 5) is 24.4. The Balaban J connectivity index is 1.76. The van der Waals surface area contributed by atoms with E-state index in [0.29, 0.717) is 18.7 Å². The fourth-order valence-corrected chi connectivity index (χ4v) is 2.36. The Kier molecular flexibility index (Phi) is 4.60. The smallest absolute Gasteiger partial charge is 0.438 e. The van der Waals surface area contributed by atoms with Crippen molar-refractivity contribution in [2.45, 2.75) is 25.9 Å². The van der Waals surface area contributed by atoms with Crippen LogP contribution in [0.1, 0.15) is 24.9 Å². The number of nitrogens with zero attached hydrogens (tertiary/aromatic N) is 2. The van der Waals surface area contributed by atoms with E-state index in [1.165, 1.54) is 6.26 Å². The topological polar surface area (TPSA) is 90.3 Å². The standard InChI is InChI=1S/C17H17N3O4/c1-2-13(15(21)18-11-12-7-4-3-5-8-12)20-17(22)24-16(19-20)14-9-6-10-23-14/h3-10,13H,2,11H2,1H3,(H,18,21)/t13-/m1/s1. The normalized spacial score (nSPS) is 12.0. The van der Waals surface area contributed by atoms with Crippen LogP contribution in [0.2, 0.25) is 0 Å². The molecule has 7 heteroatoms. The van der Waals surface area contributed by atoms with Crippen LogP contribution >= 0.6 is 0 Å². The first-order valence-electron chi connectivity index (χ1n) is 7.64. The second-order valence-electron chi connectivity index (χ2n) is 5.22. The Morgan fingerprint density at radius 2 is 2.04 bits per heavy atom. The van der Waals surface area contributed by atoms with Crippen molar-refractivity contribution >= 4 is 5.91 Å². The third-order valence-corrected chi connectivity index (χ3v) is 3.60. The van der Waals surface area contributed by atoms with E-state index in [1.54, 1.807) is 19.1 Å². The lowest BCUT2D eigenvalue weighted by molar-refractivity contribution is -0.125. The summed E-state index contributed by atoms with van der Waals surface area (Å²) in [6, 6.07) is 12.1. The molecule has 0 saturated carbocycles. The lowest BCUT2D eigenvalue weighted by Gasteiger charge is -2.13. The molecule has 0 aliphatic heterocycles. The van der Waals surface area contributed by atoms with Gasteiger partial charge in [-0.1, -0.05) is 37.3 Å². The molecule has 3 aromatic rings. The molecule has 0 fully saturated rings. The summed E-state index contributed by atoms with van der Waals surface area (Å²) in [6.07, 6.45) is 1.86. The average Bonchev–Trinajstić information content (AvgIpc) is 3.25. The van der Waals surface area contributed by atoms with Crippen molar-refractivity contribution in [3.63, 3.8) is 0 Å². The fourth-order valence-electron chi connectivity index (χ4n) is 2.36. The van der Waals surface area contributed by atoms with E-state index in [9.17, 15) is 9.59 Å². The lowest BCUT2D eigenvalue weighted by Crippen LogP contribution is -2.36. The van der Waals surface area contributed by atoms with Gasteiger partial charge in [-0.05, 0) is 24.1 Å². The maximum Gasteiger partial charge on any atom is 0.438 e. The Labute approximate surface area is 137 Å². The van der Waals surface area contributed by atoms with Crippen LogP contribution in [0.3, 0.4) is 0 Å². The Bertz CT molecular complexity index is 850. The number of rotatable bonds is 6. The van der Waals surface area contributed by atoms with Gasteiger partial charge in [0.2, 0.25) is 5.91 Å². The van der Waals surface area contributed by atoms with Crippen LogP contribution in [0.25, 0.3) is 11.7 Å². The van der Waals surface area contributed by atoms with Gasteiger partial charge in [-0.25, -0.2) is 4.79 Å². The molecule has 0 bridgehead atoms. The van der Waals surface area contributed by atoms with Crippen molar-refractivity contribution in [1.29, 1.82) is 0 Å². The number of aromatic nitrogens is 2. The van der Waals surface area contributed by atoms with Gasteiger partial charge in [-0.15, -0.1) is 5.10 Å². The minimum atomic E-state index is -0.742. The number of nitrogens with one attached hydrogen (secondary N) is 1. The van der Waals surface area contributed by atoms with Crippen LogP contribution in [0.4, 0.5) is 0 Å². The molecule has 7 nitrogen and oxygen atoms in total. The quantitative estimate of drug-likeness (QED) is 0.750. The molecule has 2 aromatic heterocycles. The van der Waals surface area contributed by atoms with Gasteiger partial charge in [-0.2, -0.15) is 4.68 Å². The minimum Gasteiger partial charge on any atom is -0.459 e. The predicted molar refractivity (Wildman–Crippen MR) is 86.1 cm³/mol. The summed E-state index contributed by atoms with van der Waals surface area (Å²) < 4.78 is 11.3. The van der Waals surface area contributed by atoms with Crippen LogP contribution in [0.5, 0.6) is 0 Å². The molecule has 1 aromatic carbocycles. The SMILES string of the molecule is CC[C@H](C(=O)NCc1ccccc1)n1nc(-c2ccco2)oc1=O. The number of carbonyl (C=O) groups excluding carboxylic acids is 1. The zero-order chi connectivity index (χ0) is 16.9. The van der Waals surface area contributed by atoms with Crippen molar-refractivity contribution in [3.05, 3.63) is 64.8 Å². The summed E-state index contributed by atoms with van der Waals surface area (Å²) in [7, 11) is 0. The van der Waals surface area contributed by atoms with Gasteiger partial charge in [0.05, 0.1) is 6.26 Å². The van der Waals surface area contributed by atoms with E-state index in [2.05, 4.69) is 10.4 Å². The summed E-state index contributed by atoms with van der Waals surface area (Å²) in [5.74, 6) is -0.587. The van der Waals surface area contributed by atoms with E-state index in [-0.39, 0.29) is 11.8 Å². The maximum atomic E-state index is 12.4. The largest absolute Gasteiger partial charge is 0.459 e. The molecule has 24 heavy (non-hydrogen) atoms. The van der Waals surface area contributed by atoms with E-state index >= 15 is 0 Å². The molecular weight excluding hydrogens is 310 g/mol. The summed E-state index contributed by atoms with van der Waals surface area (Å²) in [5, 5.41) is 6.90. The van der Waals surface area contributed by atoms with E-state index < -0.39 is 11.8 Å². The highest BCUT2D eigenvalue weighted by Crippen LogP contribution is 2.17. The first-order valence-corrected chi connectivity index (χ1v) is 7.64. The van der Waals surface area contributed by atoms with Crippen LogP contribution in [-0.2, 0) is 11.3 Å². The van der Waals surface area contributed by atoms with Gasteiger partial charge >= 0.3 is 5.76 Å². The monoisotopic (exact) mass is 327 g/mol. The lowest BCUT2D eigenvalue weighted by atomic mass is 10.2. The molecule has 2 heterocycles. The molecule has 1 N–H and O–H groups in total. The van der Waals surface area contributed by atoms with Crippen molar-refractivity contribution in [2.24, 2.45) is 0 Å². The van der Waals surface area contributed by atoms with E-state index in [0.717, 1.165) is 10.2 Å². The van der Waals surface area contributed by atoms with Crippen LogP contribution in [-0.4, -0.2) is 15.7 Å². The highest BCUT2D eigenvalue weighted by atomic mass is 16.4. The molecule has 0 unspecified atom stereocenters. The van der Waals surface area contributed by atoms with Crippen molar-refractivity contribution in [1.82, 2.24) is 15.1 Å². The fraction of sp³-hybridized carbons (Fsp3) is 0.235. The van der Waals surface area contributed by atoms with Crippen LogP contribution in [0, 0.1) is 0 Å². The molecule has 0 spiro atoms. The highest BCUT2D eigenvalue weighted by Gasteiger charge is 2.24. The molecule has 0 aliphatic rings. The first-order chi connectivity index (χ1) is 11.7. The molecule has 3 rings (SSSR count). The van der Waals surface area contributed by atoms with E-state index in [4.69, 9.17) is 8.83 Å². The summed E-state index contributed by atoms with van der Waals surface area (Å²) >= 11 is 0. The molecule has 1 amide bonds. The van der Waals surface area contributed by atoms with Crippen LogP contribution < -0.4 is 11.1 Å². The molecule has 124 valence electrons. The number of hydrogen-bond acceptors (Lipinski definition) is 5. The third-order valence-electron chi connectivity index (χ3n) is 3.60. The predicted octanol–water partition coefficient (Wildman–Crippen LogP) is 2.36. The van der Waals surface area contributed by atoms with Crippen LogP contribution in [0.15, 0.2) is 62.4 Å². The Hall–Kier alpha value is -3.09.